The SMILES string of the molecule is CCC(CC)NC(=O)CN1C(=O)NC(CC)(CC)C1=O. The molecule has 6 heteroatoms. The van der Waals surface area contributed by atoms with Crippen LogP contribution in [0.1, 0.15) is 53.4 Å². The highest BCUT2D eigenvalue weighted by atomic mass is 16.2. The minimum atomic E-state index is -0.841. The van der Waals surface area contributed by atoms with Crippen molar-refractivity contribution in [3.05, 3.63) is 0 Å². The molecule has 1 fully saturated rings. The third-order valence-electron chi connectivity index (χ3n) is 4.11. The van der Waals surface area contributed by atoms with Gasteiger partial charge in [-0.2, -0.15) is 0 Å². The molecule has 1 aliphatic rings. The van der Waals surface area contributed by atoms with Crippen molar-refractivity contribution in [3.63, 3.8) is 0 Å². The minimum absolute atomic E-state index is 0.0883. The lowest BCUT2D eigenvalue weighted by Gasteiger charge is -2.23. The van der Waals surface area contributed by atoms with Crippen molar-refractivity contribution in [2.24, 2.45) is 0 Å². The van der Waals surface area contributed by atoms with Crippen molar-refractivity contribution < 1.29 is 14.4 Å². The number of amides is 4. The van der Waals surface area contributed by atoms with Crippen LogP contribution in [-0.2, 0) is 9.59 Å². The number of nitrogens with zero attached hydrogens (tertiary/aromatic N) is 1. The molecule has 6 nitrogen and oxygen atoms in total. The molecule has 0 aromatic heterocycles. The van der Waals surface area contributed by atoms with E-state index in [1.165, 1.54) is 0 Å². The molecule has 1 rings (SSSR count). The lowest BCUT2D eigenvalue weighted by atomic mass is 9.93. The maximum Gasteiger partial charge on any atom is 0.325 e. The second-order valence-electron chi connectivity index (χ2n) is 5.19. The van der Waals surface area contributed by atoms with E-state index in [0.717, 1.165) is 17.7 Å². The summed E-state index contributed by atoms with van der Waals surface area (Å²) in [5, 5.41) is 5.55. The van der Waals surface area contributed by atoms with E-state index in [9.17, 15) is 14.4 Å². The van der Waals surface area contributed by atoms with Crippen LogP contribution in [0.2, 0.25) is 0 Å². The molecule has 0 unspecified atom stereocenters. The molecular weight excluding hydrogens is 258 g/mol. The summed E-state index contributed by atoms with van der Waals surface area (Å²) in [6.45, 7) is 7.48. The molecule has 0 aromatic carbocycles. The molecule has 1 saturated heterocycles. The summed E-state index contributed by atoms with van der Waals surface area (Å²) in [4.78, 5) is 37.2. The zero-order valence-corrected chi connectivity index (χ0v) is 12.8. The first-order valence-corrected chi connectivity index (χ1v) is 7.37. The molecule has 0 aromatic rings. The van der Waals surface area contributed by atoms with Gasteiger partial charge in [0.1, 0.15) is 12.1 Å². The number of hydrogen-bond acceptors (Lipinski definition) is 3. The van der Waals surface area contributed by atoms with Crippen molar-refractivity contribution in [1.29, 1.82) is 0 Å². The molecule has 1 heterocycles. The molecule has 0 bridgehead atoms. The first-order valence-electron chi connectivity index (χ1n) is 7.37. The average molecular weight is 283 g/mol. The second kappa shape index (κ2) is 6.72. The van der Waals surface area contributed by atoms with Gasteiger partial charge in [-0.15, -0.1) is 0 Å². The van der Waals surface area contributed by atoms with Crippen LogP contribution >= 0.6 is 0 Å². The molecule has 2 N–H and O–H groups in total. The van der Waals surface area contributed by atoms with Gasteiger partial charge in [0.25, 0.3) is 5.91 Å². The summed E-state index contributed by atoms with van der Waals surface area (Å²) in [5.74, 6) is -0.586. The van der Waals surface area contributed by atoms with Crippen molar-refractivity contribution in [1.82, 2.24) is 15.5 Å². The van der Waals surface area contributed by atoms with E-state index in [4.69, 9.17) is 0 Å². The van der Waals surface area contributed by atoms with Gasteiger partial charge in [0, 0.05) is 6.04 Å². The summed E-state index contributed by atoms with van der Waals surface area (Å²) in [5.41, 5.74) is -0.841. The number of hydrogen-bond donors (Lipinski definition) is 2. The van der Waals surface area contributed by atoms with Gasteiger partial charge in [-0.05, 0) is 25.7 Å². The van der Waals surface area contributed by atoms with Crippen molar-refractivity contribution >= 4 is 17.8 Å². The van der Waals surface area contributed by atoms with Gasteiger partial charge in [-0.3, -0.25) is 14.5 Å². The third-order valence-corrected chi connectivity index (χ3v) is 4.11. The molecule has 0 aliphatic carbocycles. The fourth-order valence-corrected chi connectivity index (χ4v) is 2.46. The highest BCUT2D eigenvalue weighted by molar-refractivity contribution is 6.08. The Hall–Kier alpha value is -1.59. The summed E-state index contributed by atoms with van der Waals surface area (Å²) < 4.78 is 0. The van der Waals surface area contributed by atoms with Crippen molar-refractivity contribution in [3.8, 4) is 0 Å². The number of rotatable bonds is 7. The summed E-state index contributed by atoms with van der Waals surface area (Å²) in [6, 6.07) is -0.385. The van der Waals surface area contributed by atoms with E-state index in [1.54, 1.807) is 0 Å². The molecule has 114 valence electrons. The highest BCUT2D eigenvalue weighted by Gasteiger charge is 2.49. The Morgan fingerprint density at radius 1 is 1.20 bits per heavy atom. The fraction of sp³-hybridized carbons (Fsp3) is 0.786. The molecule has 0 atom stereocenters. The zero-order valence-electron chi connectivity index (χ0n) is 12.8. The van der Waals surface area contributed by atoms with Gasteiger partial charge in [-0.25, -0.2) is 4.79 Å². The largest absolute Gasteiger partial charge is 0.352 e. The highest BCUT2D eigenvalue weighted by Crippen LogP contribution is 2.24. The van der Waals surface area contributed by atoms with Crippen LogP contribution < -0.4 is 10.6 Å². The molecule has 4 amide bonds. The van der Waals surface area contributed by atoms with Crippen LogP contribution in [0.15, 0.2) is 0 Å². The van der Waals surface area contributed by atoms with E-state index in [0.29, 0.717) is 12.8 Å². The Bertz CT molecular complexity index is 387. The van der Waals surface area contributed by atoms with Gasteiger partial charge in [0.15, 0.2) is 0 Å². The van der Waals surface area contributed by atoms with Crippen LogP contribution in [0.3, 0.4) is 0 Å². The van der Waals surface area contributed by atoms with E-state index in [-0.39, 0.29) is 24.4 Å². The topological polar surface area (TPSA) is 78.5 Å². The summed E-state index contributed by atoms with van der Waals surface area (Å²) in [6.07, 6.45) is 2.71. The van der Waals surface area contributed by atoms with Gasteiger partial charge >= 0.3 is 6.03 Å². The Kier molecular flexibility index (Phi) is 5.53. The number of carbonyl (C=O) groups excluding carboxylic acids is 3. The van der Waals surface area contributed by atoms with Gasteiger partial charge < -0.3 is 10.6 Å². The van der Waals surface area contributed by atoms with Crippen molar-refractivity contribution in [2.75, 3.05) is 6.54 Å². The van der Waals surface area contributed by atoms with Gasteiger partial charge in [0.2, 0.25) is 5.91 Å². The van der Waals surface area contributed by atoms with Crippen molar-refractivity contribution in [2.45, 2.75) is 65.0 Å². The molecule has 0 saturated carbocycles. The van der Waals surface area contributed by atoms with E-state index in [2.05, 4.69) is 10.6 Å². The zero-order chi connectivity index (χ0) is 15.3. The lowest BCUT2D eigenvalue weighted by molar-refractivity contribution is -0.135. The van der Waals surface area contributed by atoms with E-state index in [1.807, 2.05) is 27.7 Å². The normalized spacial score (nSPS) is 17.6. The van der Waals surface area contributed by atoms with Crippen LogP contribution in [0, 0.1) is 0 Å². The molecule has 1 aliphatic heterocycles. The standard InChI is InChI=1S/C14H25N3O3/c1-5-10(6-2)15-11(18)9-17-12(19)14(7-3,8-4)16-13(17)20/h10H,5-9H2,1-4H3,(H,15,18)(H,16,20). The van der Waals surface area contributed by atoms with Gasteiger partial charge in [0.05, 0.1) is 0 Å². The smallest absolute Gasteiger partial charge is 0.325 e. The number of nitrogens with one attached hydrogen (secondary N) is 2. The Morgan fingerprint density at radius 2 is 1.75 bits per heavy atom. The third kappa shape index (κ3) is 3.11. The molecular formula is C14H25N3O3. The quantitative estimate of drug-likeness (QED) is 0.693. The first-order chi connectivity index (χ1) is 9.43. The molecule has 20 heavy (non-hydrogen) atoms. The maximum absolute atomic E-state index is 12.3. The fourth-order valence-electron chi connectivity index (χ4n) is 2.46. The number of carbonyl (C=O) groups is 3. The lowest BCUT2D eigenvalue weighted by Crippen LogP contribution is -2.47. The van der Waals surface area contributed by atoms with E-state index < -0.39 is 11.6 Å². The Morgan fingerprint density at radius 3 is 2.15 bits per heavy atom. The average Bonchev–Trinajstić information content (AvgIpc) is 2.69. The first kappa shape index (κ1) is 16.5. The summed E-state index contributed by atoms with van der Waals surface area (Å²) >= 11 is 0. The predicted octanol–water partition coefficient (Wildman–Crippen LogP) is 1.40. The van der Waals surface area contributed by atoms with Crippen LogP contribution in [-0.4, -0.2) is 40.9 Å². The molecule has 0 spiro atoms. The Balaban J connectivity index is 2.71. The minimum Gasteiger partial charge on any atom is -0.352 e. The monoisotopic (exact) mass is 283 g/mol. The second-order valence-corrected chi connectivity index (χ2v) is 5.19. The Labute approximate surface area is 120 Å². The van der Waals surface area contributed by atoms with Gasteiger partial charge in [-0.1, -0.05) is 27.7 Å². The maximum atomic E-state index is 12.3. The van der Waals surface area contributed by atoms with Crippen LogP contribution in [0.4, 0.5) is 4.79 Å². The van der Waals surface area contributed by atoms with Crippen LogP contribution in [0.25, 0.3) is 0 Å². The molecule has 0 radical (unpaired) electrons. The van der Waals surface area contributed by atoms with Crippen LogP contribution in [0.5, 0.6) is 0 Å². The van der Waals surface area contributed by atoms with E-state index >= 15 is 0 Å². The number of urea groups is 1. The number of imide groups is 1. The predicted molar refractivity (Wildman–Crippen MR) is 76.1 cm³/mol. The summed E-state index contributed by atoms with van der Waals surface area (Å²) in [7, 11) is 0.